The molecular weight excluding hydrogens is 298 g/mol. The maximum atomic E-state index is 4.76. The molecule has 2 aromatic rings. The van der Waals surface area contributed by atoms with Crippen molar-refractivity contribution in [1.29, 1.82) is 0 Å². The van der Waals surface area contributed by atoms with E-state index in [4.69, 9.17) is 4.98 Å². The number of hydrogen-bond donors (Lipinski definition) is 1. The molecule has 0 amide bonds. The van der Waals surface area contributed by atoms with Crippen LogP contribution < -0.4 is 10.2 Å². The Labute approximate surface area is 144 Å². The van der Waals surface area contributed by atoms with Crippen molar-refractivity contribution >= 4 is 11.8 Å². The lowest BCUT2D eigenvalue weighted by molar-refractivity contribution is 0.425. The largest absolute Gasteiger partial charge is 0.353 e. The summed E-state index contributed by atoms with van der Waals surface area (Å²) in [6, 6.07) is 11.2. The smallest absolute Gasteiger partial charge is 0.224 e. The summed E-state index contributed by atoms with van der Waals surface area (Å²) in [5, 5.41) is 3.34. The standard InChI is InChI=1S/C19H27N5/c1-14-11-18(22-19(21-14)20-9-10-23(3)4)24-13-17-8-6-5-7-16(17)12-15(24)2/h5-8,11,15H,9-10,12-13H2,1-4H3,(H,20,21,22)/t15-/m1/s1. The van der Waals surface area contributed by atoms with Gasteiger partial charge in [0, 0.05) is 37.4 Å². The summed E-state index contributed by atoms with van der Waals surface area (Å²) in [6.45, 7) is 7.01. The van der Waals surface area contributed by atoms with E-state index in [0.29, 0.717) is 6.04 Å². The number of benzene rings is 1. The average Bonchev–Trinajstić information content (AvgIpc) is 2.53. The van der Waals surface area contributed by atoms with Gasteiger partial charge >= 0.3 is 0 Å². The third-order valence-electron chi connectivity index (χ3n) is 4.48. The molecule has 1 aliphatic rings. The summed E-state index contributed by atoms with van der Waals surface area (Å²) in [5.41, 5.74) is 3.85. The van der Waals surface area contributed by atoms with Crippen molar-refractivity contribution in [1.82, 2.24) is 14.9 Å². The molecule has 3 rings (SSSR count). The first kappa shape index (κ1) is 16.7. The summed E-state index contributed by atoms with van der Waals surface area (Å²) in [5.74, 6) is 1.73. The Hall–Kier alpha value is -2.14. The van der Waals surface area contributed by atoms with Gasteiger partial charge in [0.15, 0.2) is 0 Å². The average molecular weight is 325 g/mol. The normalized spacial score (nSPS) is 17.0. The van der Waals surface area contributed by atoms with E-state index >= 15 is 0 Å². The molecule has 1 aromatic heterocycles. The molecule has 1 aliphatic heterocycles. The molecule has 0 aliphatic carbocycles. The highest BCUT2D eigenvalue weighted by molar-refractivity contribution is 5.49. The van der Waals surface area contributed by atoms with Crippen LogP contribution in [0.25, 0.3) is 0 Å². The monoisotopic (exact) mass is 325 g/mol. The van der Waals surface area contributed by atoms with E-state index < -0.39 is 0 Å². The van der Waals surface area contributed by atoms with Gasteiger partial charge in [-0.1, -0.05) is 24.3 Å². The first-order valence-corrected chi connectivity index (χ1v) is 8.60. The molecule has 1 atom stereocenters. The van der Waals surface area contributed by atoms with E-state index in [9.17, 15) is 0 Å². The molecule has 1 N–H and O–H groups in total. The van der Waals surface area contributed by atoms with Crippen LogP contribution in [0.1, 0.15) is 23.7 Å². The fourth-order valence-corrected chi connectivity index (χ4v) is 3.15. The minimum absolute atomic E-state index is 0.434. The van der Waals surface area contributed by atoms with Crippen LogP contribution in [0.5, 0.6) is 0 Å². The Morgan fingerprint density at radius 1 is 1.21 bits per heavy atom. The fourth-order valence-electron chi connectivity index (χ4n) is 3.15. The van der Waals surface area contributed by atoms with E-state index in [1.807, 2.05) is 6.92 Å². The van der Waals surface area contributed by atoms with Gasteiger partial charge in [-0.05, 0) is 45.5 Å². The molecule has 0 saturated carbocycles. The molecular formula is C19H27N5. The third kappa shape index (κ3) is 3.85. The van der Waals surface area contributed by atoms with Crippen LogP contribution in [0.3, 0.4) is 0 Å². The Morgan fingerprint density at radius 3 is 2.71 bits per heavy atom. The van der Waals surface area contributed by atoms with Crippen molar-refractivity contribution < 1.29 is 0 Å². The summed E-state index contributed by atoms with van der Waals surface area (Å²) >= 11 is 0. The second kappa shape index (κ2) is 7.18. The van der Waals surface area contributed by atoms with Crippen LogP contribution in [-0.4, -0.2) is 48.1 Å². The van der Waals surface area contributed by atoms with Crippen molar-refractivity contribution in [2.45, 2.75) is 32.9 Å². The molecule has 2 heterocycles. The zero-order valence-electron chi connectivity index (χ0n) is 15.1. The Morgan fingerprint density at radius 2 is 1.96 bits per heavy atom. The highest BCUT2D eigenvalue weighted by Gasteiger charge is 2.24. The first-order valence-electron chi connectivity index (χ1n) is 8.60. The first-order chi connectivity index (χ1) is 11.5. The van der Waals surface area contributed by atoms with E-state index in [1.165, 1.54) is 11.1 Å². The minimum Gasteiger partial charge on any atom is -0.353 e. The van der Waals surface area contributed by atoms with E-state index in [1.54, 1.807) is 0 Å². The number of anilines is 2. The quantitative estimate of drug-likeness (QED) is 0.916. The molecule has 0 unspecified atom stereocenters. The number of hydrogen-bond acceptors (Lipinski definition) is 5. The van der Waals surface area contributed by atoms with Crippen LogP contribution in [0.15, 0.2) is 30.3 Å². The van der Waals surface area contributed by atoms with Gasteiger partial charge in [-0.25, -0.2) is 4.98 Å². The summed E-state index contributed by atoms with van der Waals surface area (Å²) < 4.78 is 0. The lowest BCUT2D eigenvalue weighted by Gasteiger charge is -2.36. The molecule has 0 spiro atoms. The van der Waals surface area contributed by atoms with Gasteiger partial charge in [-0.3, -0.25) is 0 Å². The molecule has 5 nitrogen and oxygen atoms in total. The maximum Gasteiger partial charge on any atom is 0.224 e. The number of aryl methyl sites for hydroxylation is 1. The van der Waals surface area contributed by atoms with E-state index in [-0.39, 0.29) is 0 Å². The SMILES string of the molecule is Cc1cc(N2Cc3ccccc3C[C@H]2C)nc(NCCN(C)C)n1. The Kier molecular flexibility index (Phi) is 5.00. The molecule has 0 radical (unpaired) electrons. The van der Waals surface area contributed by atoms with Gasteiger partial charge in [0.25, 0.3) is 0 Å². The number of rotatable bonds is 5. The molecule has 0 fully saturated rings. The fraction of sp³-hybridized carbons (Fsp3) is 0.474. The second-order valence-electron chi connectivity index (χ2n) is 6.87. The zero-order valence-corrected chi connectivity index (χ0v) is 15.1. The Balaban J connectivity index is 1.80. The van der Waals surface area contributed by atoms with Crippen molar-refractivity contribution in [3.63, 3.8) is 0 Å². The molecule has 24 heavy (non-hydrogen) atoms. The summed E-state index contributed by atoms with van der Waals surface area (Å²) in [7, 11) is 4.13. The van der Waals surface area contributed by atoms with Crippen LogP contribution in [0.4, 0.5) is 11.8 Å². The van der Waals surface area contributed by atoms with Crippen molar-refractivity contribution in [2.24, 2.45) is 0 Å². The van der Waals surface area contributed by atoms with Crippen molar-refractivity contribution in [3.8, 4) is 0 Å². The Bertz CT molecular complexity index is 698. The van der Waals surface area contributed by atoms with Gasteiger partial charge in [0.1, 0.15) is 5.82 Å². The lowest BCUT2D eigenvalue weighted by Crippen LogP contribution is -2.39. The van der Waals surface area contributed by atoms with Gasteiger partial charge in [0.05, 0.1) is 0 Å². The number of fused-ring (bicyclic) bond motifs is 1. The number of likely N-dealkylation sites (N-methyl/N-ethyl adjacent to an activating group) is 1. The van der Waals surface area contributed by atoms with Crippen LogP contribution in [0.2, 0.25) is 0 Å². The molecule has 0 saturated heterocycles. The summed E-state index contributed by atoms with van der Waals surface area (Å²) in [4.78, 5) is 13.8. The van der Waals surface area contributed by atoms with Crippen molar-refractivity contribution in [3.05, 3.63) is 47.2 Å². The number of nitrogens with one attached hydrogen (secondary N) is 1. The van der Waals surface area contributed by atoms with Gasteiger partial charge in [0.2, 0.25) is 5.95 Å². The molecule has 1 aromatic carbocycles. The number of nitrogens with zero attached hydrogens (tertiary/aromatic N) is 4. The predicted molar refractivity (Wildman–Crippen MR) is 99.6 cm³/mol. The summed E-state index contributed by atoms with van der Waals surface area (Å²) in [6.07, 6.45) is 1.06. The van der Waals surface area contributed by atoms with Gasteiger partial charge < -0.3 is 15.1 Å². The lowest BCUT2D eigenvalue weighted by atomic mass is 9.95. The predicted octanol–water partition coefficient (Wildman–Crippen LogP) is 2.71. The topological polar surface area (TPSA) is 44.3 Å². The molecule has 0 bridgehead atoms. The van der Waals surface area contributed by atoms with Gasteiger partial charge in [-0.2, -0.15) is 4.98 Å². The van der Waals surface area contributed by atoms with E-state index in [2.05, 4.69) is 71.5 Å². The highest BCUT2D eigenvalue weighted by Crippen LogP contribution is 2.28. The highest BCUT2D eigenvalue weighted by atomic mass is 15.3. The number of aromatic nitrogens is 2. The van der Waals surface area contributed by atoms with Gasteiger partial charge in [-0.15, -0.1) is 0 Å². The third-order valence-corrected chi connectivity index (χ3v) is 4.48. The van der Waals surface area contributed by atoms with Crippen LogP contribution in [-0.2, 0) is 13.0 Å². The van der Waals surface area contributed by atoms with Crippen LogP contribution >= 0.6 is 0 Å². The van der Waals surface area contributed by atoms with Crippen LogP contribution in [0, 0.1) is 6.92 Å². The second-order valence-corrected chi connectivity index (χ2v) is 6.87. The molecule has 5 heteroatoms. The molecule has 128 valence electrons. The minimum atomic E-state index is 0.434. The zero-order chi connectivity index (χ0) is 17.1. The maximum absolute atomic E-state index is 4.76. The van der Waals surface area contributed by atoms with Crippen molar-refractivity contribution in [2.75, 3.05) is 37.4 Å². The van der Waals surface area contributed by atoms with E-state index in [0.717, 1.165) is 43.5 Å².